The number of likely N-dealkylation sites (tertiary alicyclic amines) is 1. The predicted molar refractivity (Wildman–Crippen MR) is 77.2 cm³/mol. The maximum Gasteiger partial charge on any atom is 0.260 e. The second-order valence-electron chi connectivity index (χ2n) is 5.85. The molecule has 0 radical (unpaired) electrons. The van der Waals surface area contributed by atoms with Crippen molar-refractivity contribution < 1.29 is 9.53 Å². The van der Waals surface area contributed by atoms with Crippen LogP contribution in [0.2, 0.25) is 0 Å². The number of carbonyl (C=O) groups is 1. The normalized spacial score (nSPS) is 24.8. The van der Waals surface area contributed by atoms with E-state index in [9.17, 15) is 4.79 Å². The second kappa shape index (κ2) is 5.83. The highest BCUT2D eigenvalue weighted by Gasteiger charge is 2.37. The zero-order valence-corrected chi connectivity index (χ0v) is 11.8. The van der Waals surface area contributed by atoms with E-state index in [2.05, 4.69) is 0 Å². The zero-order chi connectivity index (χ0) is 13.9. The first kappa shape index (κ1) is 13.4. The van der Waals surface area contributed by atoms with Crippen molar-refractivity contribution in [3.63, 3.8) is 0 Å². The van der Waals surface area contributed by atoms with Gasteiger partial charge in [0, 0.05) is 25.2 Å². The van der Waals surface area contributed by atoms with Crippen molar-refractivity contribution in [1.29, 1.82) is 0 Å². The Hall–Kier alpha value is -1.55. The van der Waals surface area contributed by atoms with Crippen LogP contribution in [0.5, 0.6) is 5.75 Å². The molecule has 1 amide bonds. The molecule has 108 valence electrons. The second-order valence-corrected chi connectivity index (χ2v) is 5.85. The number of ether oxygens (including phenoxy) is 1. The van der Waals surface area contributed by atoms with Gasteiger partial charge in [0.1, 0.15) is 5.75 Å². The predicted octanol–water partition coefficient (Wildman–Crippen LogP) is 1.78. The number of benzene rings is 1. The van der Waals surface area contributed by atoms with Crippen LogP contribution in [0.15, 0.2) is 24.3 Å². The van der Waals surface area contributed by atoms with Gasteiger partial charge in [-0.05, 0) is 30.7 Å². The Kier molecular flexibility index (Phi) is 3.92. The minimum atomic E-state index is 0.103. The van der Waals surface area contributed by atoms with E-state index in [1.165, 1.54) is 19.3 Å². The highest BCUT2D eigenvalue weighted by molar-refractivity contribution is 5.78. The molecule has 1 aromatic rings. The van der Waals surface area contributed by atoms with E-state index in [-0.39, 0.29) is 12.5 Å². The van der Waals surface area contributed by atoms with E-state index in [4.69, 9.17) is 10.5 Å². The molecule has 1 aliphatic carbocycles. The minimum Gasteiger partial charge on any atom is -0.483 e. The van der Waals surface area contributed by atoms with E-state index in [0.29, 0.717) is 6.54 Å². The first-order valence-electron chi connectivity index (χ1n) is 7.46. The lowest BCUT2D eigenvalue weighted by Gasteiger charge is -2.18. The van der Waals surface area contributed by atoms with Gasteiger partial charge in [0.25, 0.3) is 5.91 Å². The number of carbonyl (C=O) groups excluding carboxylic acids is 1. The standard InChI is InChI=1S/C16H22N2O2/c17-8-12-4-1-2-7-15(12)20-11-16(19)18-9-13-5-3-6-14(13)10-18/h1-2,4,7,13-14H,3,5-6,8-11,17H2. The fourth-order valence-corrected chi connectivity index (χ4v) is 3.48. The van der Waals surface area contributed by atoms with Crippen LogP contribution in [0.25, 0.3) is 0 Å². The quantitative estimate of drug-likeness (QED) is 0.910. The van der Waals surface area contributed by atoms with Gasteiger partial charge in [-0.3, -0.25) is 4.79 Å². The third-order valence-corrected chi connectivity index (χ3v) is 4.62. The van der Waals surface area contributed by atoms with Crippen LogP contribution < -0.4 is 10.5 Å². The number of rotatable bonds is 4. The highest BCUT2D eigenvalue weighted by atomic mass is 16.5. The summed E-state index contributed by atoms with van der Waals surface area (Å²) in [6, 6.07) is 7.63. The summed E-state index contributed by atoms with van der Waals surface area (Å²) in [6.45, 7) is 2.39. The Morgan fingerprint density at radius 2 is 1.95 bits per heavy atom. The summed E-state index contributed by atoms with van der Waals surface area (Å²) in [5, 5.41) is 0. The van der Waals surface area contributed by atoms with Crippen LogP contribution in [0.3, 0.4) is 0 Å². The zero-order valence-electron chi connectivity index (χ0n) is 11.8. The number of amides is 1. The van der Waals surface area contributed by atoms with Crippen LogP contribution in [0.1, 0.15) is 24.8 Å². The molecule has 1 aliphatic heterocycles. The smallest absolute Gasteiger partial charge is 0.260 e. The van der Waals surface area contributed by atoms with E-state index in [0.717, 1.165) is 36.2 Å². The Labute approximate surface area is 119 Å². The lowest BCUT2D eigenvalue weighted by atomic mass is 10.0. The van der Waals surface area contributed by atoms with Crippen LogP contribution in [0, 0.1) is 11.8 Å². The summed E-state index contributed by atoms with van der Waals surface area (Å²) in [4.78, 5) is 14.2. The number of fused-ring (bicyclic) bond motifs is 1. The van der Waals surface area contributed by atoms with E-state index >= 15 is 0 Å². The molecule has 0 aromatic heterocycles. The molecule has 0 spiro atoms. The van der Waals surface area contributed by atoms with Crippen molar-refractivity contribution >= 4 is 5.91 Å². The van der Waals surface area contributed by atoms with Crippen LogP contribution in [0.4, 0.5) is 0 Å². The summed E-state index contributed by atoms with van der Waals surface area (Å²) in [6.07, 6.45) is 3.90. The van der Waals surface area contributed by atoms with E-state index in [1.54, 1.807) is 0 Å². The summed E-state index contributed by atoms with van der Waals surface area (Å²) >= 11 is 0. The molecule has 20 heavy (non-hydrogen) atoms. The Bertz CT molecular complexity index is 477. The molecule has 1 aromatic carbocycles. The third-order valence-electron chi connectivity index (χ3n) is 4.62. The van der Waals surface area contributed by atoms with Gasteiger partial charge in [-0.25, -0.2) is 0 Å². The molecule has 0 bridgehead atoms. The van der Waals surface area contributed by atoms with Gasteiger partial charge in [-0.1, -0.05) is 24.6 Å². The molecular weight excluding hydrogens is 252 g/mol. The van der Waals surface area contributed by atoms with Gasteiger partial charge in [0.15, 0.2) is 6.61 Å². The van der Waals surface area contributed by atoms with Crippen LogP contribution in [-0.2, 0) is 11.3 Å². The number of nitrogens with two attached hydrogens (primary N) is 1. The first-order chi connectivity index (χ1) is 9.78. The van der Waals surface area contributed by atoms with Crippen molar-refractivity contribution in [3.05, 3.63) is 29.8 Å². The SMILES string of the molecule is NCc1ccccc1OCC(=O)N1CC2CCCC2C1. The molecule has 1 saturated heterocycles. The van der Waals surface area contributed by atoms with Crippen molar-refractivity contribution in [2.45, 2.75) is 25.8 Å². The molecule has 2 fully saturated rings. The van der Waals surface area contributed by atoms with Crippen molar-refractivity contribution in [2.24, 2.45) is 17.6 Å². The molecule has 2 aliphatic rings. The number of hydrogen-bond donors (Lipinski definition) is 1. The summed E-state index contributed by atoms with van der Waals surface area (Å²) < 4.78 is 5.65. The molecule has 2 atom stereocenters. The topological polar surface area (TPSA) is 55.6 Å². The van der Waals surface area contributed by atoms with E-state index in [1.807, 2.05) is 29.2 Å². The Balaban J connectivity index is 1.55. The van der Waals surface area contributed by atoms with Gasteiger partial charge in [-0.15, -0.1) is 0 Å². The lowest BCUT2D eigenvalue weighted by Crippen LogP contribution is -2.33. The number of hydrogen-bond acceptors (Lipinski definition) is 3. The van der Waals surface area contributed by atoms with Crippen LogP contribution in [-0.4, -0.2) is 30.5 Å². The summed E-state index contributed by atoms with van der Waals surface area (Å²) in [7, 11) is 0. The van der Waals surface area contributed by atoms with Crippen molar-refractivity contribution in [1.82, 2.24) is 4.90 Å². The molecule has 1 heterocycles. The minimum absolute atomic E-state index is 0.103. The first-order valence-corrected chi connectivity index (χ1v) is 7.46. The summed E-state index contributed by atoms with van der Waals surface area (Å²) in [5.74, 6) is 2.29. The fourth-order valence-electron chi connectivity index (χ4n) is 3.48. The van der Waals surface area contributed by atoms with Crippen molar-refractivity contribution in [2.75, 3.05) is 19.7 Å². The highest BCUT2D eigenvalue weighted by Crippen LogP contribution is 2.37. The summed E-state index contributed by atoms with van der Waals surface area (Å²) in [5.41, 5.74) is 6.61. The van der Waals surface area contributed by atoms with Crippen molar-refractivity contribution in [3.8, 4) is 5.75 Å². The number of nitrogens with zero attached hydrogens (tertiary/aromatic N) is 1. The van der Waals surface area contributed by atoms with Gasteiger partial charge in [0.05, 0.1) is 0 Å². The Morgan fingerprint density at radius 3 is 2.65 bits per heavy atom. The Morgan fingerprint density at radius 1 is 1.25 bits per heavy atom. The molecule has 2 N–H and O–H groups in total. The van der Waals surface area contributed by atoms with Gasteiger partial charge < -0.3 is 15.4 Å². The maximum atomic E-state index is 12.2. The van der Waals surface area contributed by atoms with Gasteiger partial charge >= 0.3 is 0 Å². The molecule has 1 saturated carbocycles. The lowest BCUT2D eigenvalue weighted by molar-refractivity contribution is -0.132. The maximum absolute atomic E-state index is 12.2. The molecule has 4 nitrogen and oxygen atoms in total. The molecule has 3 rings (SSSR count). The number of para-hydroxylation sites is 1. The molecule has 2 unspecified atom stereocenters. The molecule has 4 heteroatoms. The van der Waals surface area contributed by atoms with Gasteiger partial charge in [0.2, 0.25) is 0 Å². The van der Waals surface area contributed by atoms with Gasteiger partial charge in [-0.2, -0.15) is 0 Å². The molecular formula is C16H22N2O2. The largest absolute Gasteiger partial charge is 0.483 e. The average molecular weight is 274 g/mol. The fraction of sp³-hybridized carbons (Fsp3) is 0.562. The average Bonchev–Trinajstić information content (AvgIpc) is 3.06. The third kappa shape index (κ3) is 2.66. The van der Waals surface area contributed by atoms with E-state index < -0.39 is 0 Å². The monoisotopic (exact) mass is 274 g/mol. The van der Waals surface area contributed by atoms with Crippen LogP contribution >= 0.6 is 0 Å².